The van der Waals surface area contributed by atoms with Gasteiger partial charge in [-0.15, -0.1) is 0 Å². The van der Waals surface area contributed by atoms with E-state index in [9.17, 15) is 4.79 Å². The largest absolute Gasteiger partial charge is 0.497 e. The summed E-state index contributed by atoms with van der Waals surface area (Å²) in [7, 11) is 1.67. The molecule has 0 saturated carbocycles. The van der Waals surface area contributed by atoms with Crippen molar-refractivity contribution in [2.75, 3.05) is 20.2 Å². The molecule has 19 heavy (non-hydrogen) atoms. The predicted molar refractivity (Wildman–Crippen MR) is 75.3 cm³/mol. The summed E-state index contributed by atoms with van der Waals surface area (Å²) in [5.74, 6) is 1.02. The highest BCUT2D eigenvalue weighted by Gasteiger charge is 2.20. The van der Waals surface area contributed by atoms with Gasteiger partial charge in [0.05, 0.1) is 13.2 Å². The number of rotatable bonds is 6. The summed E-state index contributed by atoms with van der Waals surface area (Å²) in [5.41, 5.74) is 1.27. The zero-order chi connectivity index (χ0) is 13.5. The number of hydrogen-bond donors (Lipinski definition) is 2. The molecule has 1 fully saturated rings. The van der Waals surface area contributed by atoms with E-state index in [2.05, 4.69) is 22.8 Å². The summed E-state index contributed by atoms with van der Waals surface area (Å²) in [5, 5.41) is 6.19. The van der Waals surface area contributed by atoms with E-state index in [1.54, 1.807) is 7.11 Å². The van der Waals surface area contributed by atoms with E-state index in [4.69, 9.17) is 4.74 Å². The zero-order valence-electron chi connectivity index (χ0n) is 11.4. The van der Waals surface area contributed by atoms with Gasteiger partial charge >= 0.3 is 0 Å². The van der Waals surface area contributed by atoms with E-state index >= 15 is 0 Å². The molecule has 1 aliphatic heterocycles. The van der Waals surface area contributed by atoms with Gasteiger partial charge in [0, 0.05) is 6.54 Å². The van der Waals surface area contributed by atoms with Gasteiger partial charge < -0.3 is 15.4 Å². The second-order valence-corrected chi connectivity index (χ2v) is 4.89. The first-order valence-corrected chi connectivity index (χ1v) is 6.93. The molecule has 1 aliphatic rings. The standard InChI is InChI=1S/C15H22N2O2/c1-19-13-8-6-12(7-9-13)4-2-11-17-15(18)14-5-3-10-16-14/h6-9,14,16H,2-5,10-11H2,1H3,(H,17,18). The molecule has 1 saturated heterocycles. The van der Waals surface area contributed by atoms with E-state index in [0.717, 1.165) is 44.5 Å². The second-order valence-electron chi connectivity index (χ2n) is 4.89. The molecule has 0 aliphatic carbocycles. The molecular formula is C15H22N2O2. The van der Waals surface area contributed by atoms with Crippen LogP contribution in [-0.2, 0) is 11.2 Å². The lowest BCUT2D eigenvalue weighted by Gasteiger charge is -2.11. The van der Waals surface area contributed by atoms with E-state index in [1.165, 1.54) is 5.56 Å². The van der Waals surface area contributed by atoms with Crippen molar-refractivity contribution in [1.29, 1.82) is 0 Å². The van der Waals surface area contributed by atoms with Crippen molar-refractivity contribution < 1.29 is 9.53 Å². The Balaban J connectivity index is 1.64. The summed E-state index contributed by atoms with van der Waals surface area (Å²) < 4.78 is 5.12. The number of ether oxygens (including phenoxy) is 1. The van der Waals surface area contributed by atoms with E-state index in [1.807, 2.05) is 12.1 Å². The Morgan fingerprint density at radius 2 is 2.21 bits per heavy atom. The molecule has 1 aromatic carbocycles. The molecule has 1 aromatic rings. The van der Waals surface area contributed by atoms with Gasteiger partial charge in [0.2, 0.25) is 5.91 Å². The molecule has 0 spiro atoms. The summed E-state index contributed by atoms with van der Waals surface area (Å²) in [6.45, 7) is 1.70. The van der Waals surface area contributed by atoms with Crippen LogP contribution >= 0.6 is 0 Å². The fraction of sp³-hybridized carbons (Fsp3) is 0.533. The third-order valence-electron chi connectivity index (χ3n) is 3.48. The molecule has 1 amide bonds. The van der Waals surface area contributed by atoms with Crippen LogP contribution in [0.25, 0.3) is 0 Å². The molecule has 4 nitrogen and oxygen atoms in total. The van der Waals surface area contributed by atoms with Gasteiger partial charge in [0.15, 0.2) is 0 Å². The number of carbonyl (C=O) groups is 1. The lowest BCUT2D eigenvalue weighted by Crippen LogP contribution is -2.40. The van der Waals surface area contributed by atoms with Crippen LogP contribution in [0.15, 0.2) is 24.3 Å². The van der Waals surface area contributed by atoms with Gasteiger partial charge in [-0.2, -0.15) is 0 Å². The Labute approximate surface area is 114 Å². The van der Waals surface area contributed by atoms with Gasteiger partial charge in [-0.1, -0.05) is 12.1 Å². The first-order valence-electron chi connectivity index (χ1n) is 6.93. The van der Waals surface area contributed by atoms with Gasteiger partial charge in [0.1, 0.15) is 5.75 Å². The van der Waals surface area contributed by atoms with Crippen LogP contribution in [0.4, 0.5) is 0 Å². The second kappa shape index (κ2) is 7.14. The highest BCUT2D eigenvalue weighted by molar-refractivity contribution is 5.81. The van der Waals surface area contributed by atoms with Gasteiger partial charge in [-0.3, -0.25) is 4.79 Å². The van der Waals surface area contributed by atoms with Gasteiger partial charge in [0.25, 0.3) is 0 Å². The average Bonchev–Trinajstić information content (AvgIpc) is 2.98. The van der Waals surface area contributed by atoms with Crippen molar-refractivity contribution >= 4 is 5.91 Å². The number of amides is 1. The topological polar surface area (TPSA) is 50.4 Å². The third-order valence-corrected chi connectivity index (χ3v) is 3.48. The van der Waals surface area contributed by atoms with Crippen LogP contribution < -0.4 is 15.4 Å². The summed E-state index contributed by atoms with van der Waals surface area (Å²) in [6.07, 6.45) is 4.00. The summed E-state index contributed by atoms with van der Waals surface area (Å²) in [4.78, 5) is 11.8. The van der Waals surface area contributed by atoms with Crippen molar-refractivity contribution in [1.82, 2.24) is 10.6 Å². The highest BCUT2D eigenvalue weighted by atomic mass is 16.5. The Morgan fingerprint density at radius 3 is 2.84 bits per heavy atom. The molecular weight excluding hydrogens is 240 g/mol. The molecule has 0 aromatic heterocycles. The molecule has 1 unspecified atom stereocenters. The maximum absolute atomic E-state index is 11.8. The lowest BCUT2D eigenvalue weighted by atomic mass is 10.1. The Bertz CT molecular complexity index is 397. The number of nitrogens with one attached hydrogen (secondary N) is 2. The number of methoxy groups -OCH3 is 1. The monoisotopic (exact) mass is 262 g/mol. The smallest absolute Gasteiger partial charge is 0.237 e. The van der Waals surface area contributed by atoms with Crippen molar-refractivity contribution in [2.24, 2.45) is 0 Å². The van der Waals surface area contributed by atoms with E-state index in [0.29, 0.717) is 0 Å². The Morgan fingerprint density at radius 1 is 1.42 bits per heavy atom. The molecule has 1 heterocycles. The van der Waals surface area contributed by atoms with Gasteiger partial charge in [-0.05, 0) is 49.9 Å². The molecule has 0 radical (unpaired) electrons. The first kappa shape index (κ1) is 13.9. The molecule has 1 atom stereocenters. The fourth-order valence-electron chi connectivity index (χ4n) is 2.33. The van der Waals surface area contributed by atoms with Crippen molar-refractivity contribution in [3.8, 4) is 5.75 Å². The summed E-state index contributed by atoms with van der Waals surface area (Å²) >= 11 is 0. The maximum Gasteiger partial charge on any atom is 0.237 e. The van der Waals surface area contributed by atoms with Crippen molar-refractivity contribution in [3.63, 3.8) is 0 Å². The quantitative estimate of drug-likeness (QED) is 0.764. The SMILES string of the molecule is COc1ccc(CCCNC(=O)C2CCCN2)cc1. The zero-order valence-corrected chi connectivity index (χ0v) is 11.4. The van der Waals surface area contributed by atoms with Crippen molar-refractivity contribution in [2.45, 2.75) is 31.7 Å². The lowest BCUT2D eigenvalue weighted by molar-refractivity contribution is -0.122. The normalized spacial score (nSPS) is 18.3. The predicted octanol–water partition coefficient (Wildman–Crippen LogP) is 1.50. The number of hydrogen-bond acceptors (Lipinski definition) is 3. The highest BCUT2D eigenvalue weighted by Crippen LogP contribution is 2.12. The molecule has 2 rings (SSSR count). The minimum atomic E-state index is 0.0287. The van der Waals surface area contributed by atoms with Crippen LogP contribution in [0.3, 0.4) is 0 Å². The number of benzene rings is 1. The van der Waals surface area contributed by atoms with Crippen LogP contribution in [0, 0.1) is 0 Å². The molecule has 4 heteroatoms. The van der Waals surface area contributed by atoms with Crippen LogP contribution in [0.2, 0.25) is 0 Å². The maximum atomic E-state index is 11.8. The summed E-state index contributed by atoms with van der Waals surface area (Å²) in [6, 6.07) is 8.10. The first-order chi connectivity index (χ1) is 9.29. The van der Waals surface area contributed by atoms with Gasteiger partial charge in [-0.25, -0.2) is 0 Å². The minimum absolute atomic E-state index is 0.0287. The minimum Gasteiger partial charge on any atom is -0.497 e. The van der Waals surface area contributed by atoms with Crippen LogP contribution in [0.1, 0.15) is 24.8 Å². The van der Waals surface area contributed by atoms with E-state index in [-0.39, 0.29) is 11.9 Å². The molecule has 2 N–H and O–H groups in total. The van der Waals surface area contributed by atoms with Crippen LogP contribution in [0.5, 0.6) is 5.75 Å². The number of aryl methyl sites for hydroxylation is 1. The molecule has 104 valence electrons. The Hall–Kier alpha value is -1.55. The van der Waals surface area contributed by atoms with Crippen LogP contribution in [-0.4, -0.2) is 32.1 Å². The van der Waals surface area contributed by atoms with Crippen molar-refractivity contribution in [3.05, 3.63) is 29.8 Å². The number of carbonyl (C=O) groups excluding carboxylic acids is 1. The van der Waals surface area contributed by atoms with E-state index < -0.39 is 0 Å². The Kier molecular flexibility index (Phi) is 5.21. The third kappa shape index (κ3) is 4.24. The molecule has 0 bridgehead atoms. The average molecular weight is 262 g/mol. The fourth-order valence-corrected chi connectivity index (χ4v) is 2.33.